The second-order valence-electron chi connectivity index (χ2n) is 7.33. The summed E-state index contributed by atoms with van der Waals surface area (Å²) in [6.45, 7) is 0.202. The van der Waals surface area contributed by atoms with E-state index in [1.165, 1.54) is 23.8 Å². The van der Waals surface area contributed by atoms with Gasteiger partial charge in [0.1, 0.15) is 17.3 Å². The molecule has 0 saturated carbocycles. The molecule has 7 nitrogen and oxygen atoms in total. The SMILES string of the molecule is COc1ccc(NC(=O)CSc2nc3ccccc3c(=O)n2Cc2ccc(F)cc2)c(OC)c1. The van der Waals surface area contributed by atoms with Crippen molar-refractivity contribution in [2.45, 2.75) is 11.7 Å². The van der Waals surface area contributed by atoms with Crippen LogP contribution < -0.4 is 20.3 Å². The van der Waals surface area contributed by atoms with Crippen molar-refractivity contribution in [2.24, 2.45) is 0 Å². The molecule has 0 atom stereocenters. The maximum absolute atomic E-state index is 13.3. The number of methoxy groups -OCH3 is 2. The van der Waals surface area contributed by atoms with Crippen LogP contribution in [0.1, 0.15) is 5.56 Å². The zero-order valence-corrected chi connectivity index (χ0v) is 19.4. The van der Waals surface area contributed by atoms with Crippen LogP contribution in [-0.4, -0.2) is 35.4 Å². The number of ether oxygens (including phenoxy) is 2. The normalized spacial score (nSPS) is 10.8. The van der Waals surface area contributed by atoms with Gasteiger partial charge in [-0.25, -0.2) is 9.37 Å². The minimum atomic E-state index is -0.354. The first kappa shape index (κ1) is 23.3. The van der Waals surface area contributed by atoms with Crippen LogP contribution >= 0.6 is 11.8 Å². The van der Waals surface area contributed by atoms with Gasteiger partial charge >= 0.3 is 0 Å². The van der Waals surface area contributed by atoms with Crippen LogP contribution in [0.25, 0.3) is 10.9 Å². The number of para-hydroxylation sites is 1. The number of halogens is 1. The van der Waals surface area contributed by atoms with Gasteiger partial charge in [-0.15, -0.1) is 0 Å². The van der Waals surface area contributed by atoms with Gasteiger partial charge in [0.25, 0.3) is 5.56 Å². The number of nitrogens with zero attached hydrogens (tertiary/aromatic N) is 2. The molecule has 0 fully saturated rings. The summed E-state index contributed by atoms with van der Waals surface area (Å²) in [5.41, 5.74) is 1.57. The summed E-state index contributed by atoms with van der Waals surface area (Å²) < 4.78 is 25.3. The zero-order valence-electron chi connectivity index (χ0n) is 18.6. The summed E-state index contributed by atoms with van der Waals surface area (Å²) in [4.78, 5) is 30.5. The molecule has 1 heterocycles. The van der Waals surface area contributed by atoms with Gasteiger partial charge in [-0.05, 0) is 42.0 Å². The second-order valence-corrected chi connectivity index (χ2v) is 8.27. The zero-order chi connectivity index (χ0) is 24.1. The number of carbonyl (C=O) groups is 1. The van der Waals surface area contributed by atoms with Crippen LogP contribution in [0, 0.1) is 5.82 Å². The Bertz CT molecular complexity index is 1390. The third kappa shape index (κ3) is 5.20. The average molecular weight is 480 g/mol. The molecule has 0 saturated heterocycles. The minimum Gasteiger partial charge on any atom is -0.497 e. The number of aromatic nitrogens is 2. The number of carbonyl (C=O) groups excluding carboxylic acids is 1. The van der Waals surface area contributed by atoms with E-state index in [4.69, 9.17) is 9.47 Å². The van der Waals surface area contributed by atoms with Crippen molar-refractivity contribution >= 4 is 34.3 Å². The second kappa shape index (κ2) is 10.4. The summed E-state index contributed by atoms with van der Waals surface area (Å²) in [7, 11) is 3.05. The number of hydrogen-bond donors (Lipinski definition) is 1. The Morgan fingerprint density at radius 2 is 1.82 bits per heavy atom. The highest BCUT2D eigenvalue weighted by Crippen LogP contribution is 2.29. The molecule has 9 heteroatoms. The molecular weight excluding hydrogens is 457 g/mol. The monoisotopic (exact) mass is 479 g/mol. The summed E-state index contributed by atoms with van der Waals surface area (Å²) in [6.07, 6.45) is 0. The number of amides is 1. The van der Waals surface area contributed by atoms with Crippen LogP contribution in [0.3, 0.4) is 0 Å². The molecule has 1 amide bonds. The van der Waals surface area contributed by atoms with Gasteiger partial charge in [-0.3, -0.25) is 14.2 Å². The number of benzene rings is 3. The lowest BCUT2D eigenvalue weighted by molar-refractivity contribution is -0.113. The Kier molecular flexibility index (Phi) is 7.12. The van der Waals surface area contributed by atoms with Crippen LogP contribution in [0.5, 0.6) is 11.5 Å². The first-order chi connectivity index (χ1) is 16.5. The van der Waals surface area contributed by atoms with E-state index >= 15 is 0 Å². The van der Waals surface area contributed by atoms with Crippen LogP contribution in [0.15, 0.2) is 76.7 Å². The van der Waals surface area contributed by atoms with Gasteiger partial charge < -0.3 is 14.8 Å². The van der Waals surface area contributed by atoms with Gasteiger partial charge in [0.2, 0.25) is 5.91 Å². The summed E-state index contributed by atoms with van der Waals surface area (Å²) in [5.74, 6) is 0.449. The first-order valence-electron chi connectivity index (χ1n) is 10.4. The van der Waals surface area contributed by atoms with Gasteiger partial charge in [-0.2, -0.15) is 0 Å². The predicted octanol–water partition coefficient (Wildman–Crippen LogP) is 4.33. The molecule has 0 aliphatic rings. The Balaban J connectivity index is 1.59. The fraction of sp³-hybridized carbons (Fsp3) is 0.160. The Morgan fingerprint density at radius 1 is 1.06 bits per heavy atom. The minimum absolute atomic E-state index is 0.0172. The third-order valence-corrected chi connectivity index (χ3v) is 6.07. The molecule has 0 aliphatic carbocycles. The maximum Gasteiger partial charge on any atom is 0.262 e. The van der Waals surface area contributed by atoms with Crippen molar-refractivity contribution in [1.82, 2.24) is 9.55 Å². The topological polar surface area (TPSA) is 82.5 Å². The number of fused-ring (bicyclic) bond motifs is 1. The molecule has 0 spiro atoms. The standard InChI is InChI=1S/C25H22FN3O4S/c1-32-18-11-12-21(22(13-18)33-2)27-23(30)15-34-25-28-20-6-4-3-5-19(20)24(31)29(25)14-16-7-9-17(26)10-8-16/h3-13H,14-15H2,1-2H3,(H,27,30). The molecule has 0 bridgehead atoms. The largest absolute Gasteiger partial charge is 0.497 e. The number of nitrogens with one attached hydrogen (secondary N) is 1. The number of thioether (sulfide) groups is 1. The third-order valence-electron chi connectivity index (χ3n) is 5.10. The molecule has 4 aromatic rings. The van der Waals surface area contributed by atoms with Gasteiger partial charge in [0, 0.05) is 6.07 Å². The van der Waals surface area contributed by atoms with Gasteiger partial charge in [0.05, 0.1) is 43.1 Å². The highest BCUT2D eigenvalue weighted by Gasteiger charge is 2.15. The molecule has 0 radical (unpaired) electrons. The van der Waals surface area contributed by atoms with Gasteiger partial charge in [-0.1, -0.05) is 36.0 Å². The molecule has 1 aromatic heterocycles. The van der Waals surface area contributed by atoms with E-state index in [1.54, 1.807) is 61.7 Å². The highest BCUT2D eigenvalue weighted by molar-refractivity contribution is 7.99. The molecule has 34 heavy (non-hydrogen) atoms. The van der Waals surface area contributed by atoms with E-state index in [9.17, 15) is 14.0 Å². The van der Waals surface area contributed by atoms with E-state index in [1.807, 2.05) is 0 Å². The van der Waals surface area contributed by atoms with E-state index < -0.39 is 0 Å². The Hall–Kier alpha value is -3.85. The maximum atomic E-state index is 13.3. The molecule has 0 aliphatic heterocycles. The molecule has 174 valence electrons. The molecule has 3 aromatic carbocycles. The first-order valence-corrected chi connectivity index (χ1v) is 11.4. The van der Waals surface area contributed by atoms with Crippen molar-refractivity contribution < 1.29 is 18.7 Å². The smallest absolute Gasteiger partial charge is 0.262 e. The van der Waals surface area contributed by atoms with Gasteiger partial charge in [0.15, 0.2) is 5.16 Å². The fourth-order valence-corrected chi connectivity index (χ4v) is 4.19. The lowest BCUT2D eigenvalue weighted by Gasteiger charge is -2.14. The Morgan fingerprint density at radius 3 is 2.56 bits per heavy atom. The van der Waals surface area contributed by atoms with E-state index in [0.29, 0.717) is 33.2 Å². The molecular formula is C25H22FN3O4S. The van der Waals surface area contributed by atoms with Crippen LogP contribution in [0.2, 0.25) is 0 Å². The lowest BCUT2D eigenvalue weighted by atomic mass is 10.2. The van der Waals surface area contributed by atoms with Crippen molar-refractivity contribution in [3.8, 4) is 11.5 Å². The fourth-order valence-electron chi connectivity index (χ4n) is 3.39. The summed E-state index contributed by atoms with van der Waals surface area (Å²) >= 11 is 1.15. The van der Waals surface area contributed by atoms with Crippen LogP contribution in [0.4, 0.5) is 10.1 Å². The van der Waals surface area contributed by atoms with Crippen LogP contribution in [-0.2, 0) is 11.3 Å². The predicted molar refractivity (Wildman–Crippen MR) is 130 cm³/mol. The van der Waals surface area contributed by atoms with E-state index in [-0.39, 0.29) is 29.6 Å². The average Bonchev–Trinajstić information content (AvgIpc) is 2.86. The van der Waals surface area contributed by atoms with E-state index in [0.717, 1.165) is 17.3 Å². The molecule has 1 N–H and O–H groups in total. The number of rotatable bonds is 8. The lowest BCUT2D eigenvalue weighted by Crippen LogP contribution is -2.25. The quantitative estimate of drug-likeness (QED) is 0.299. The van der Waals surface area contributed by atoms with Crippen molar-refractivity contribution in [1.29, 1.82) is 0 Å². The number of hydrogen-bond acceptors (Lipinski definition) is 6. The van der Waals surface area contributed by atoms with Crippen molar-refractivity contribution in [3.63, 3.8) is 0 Å². The highest BCUT2D eigenvalue weighted by atomic mass is 32.2. The molecule has 4 rings (SSSR count). The molecule has 0 unspecified atom stereocenters. The number of anilines is 1. The van der Waals surface area contributed by atoms with Crippen molar-refractivity contribution in [2.75, 3.05) is 25.3 Å². The van der Waals surface area contributed by atoms with E-state index in [2.05, 4.69) is 10.3 Å². The Labute approximate surface area is 199 Å². The van der Waals surface area contributed by atoms with Crippen molar-refractivity contribution in [3.05, 3.63) is 88.5 Å². The summed E-state index contributed by atoms with van der Waals surface area (Å²) in [6, 6.07) is 18.1. The summed E-state index contributed by atoms with van der Waals surface area (Å²) in [5, 5.41) is 3.68.